The van der Waals surface area contributed by atoms with Crippen LogP contribution in [0, 0.1) is 11.8 Å². The quantitative estimate of drug-likeness (QED) is 0.0517. The number of rotatable bonds is 14. The summed E-state index contributed by atoms with van der Waals surface area (Å²) >= 11 is 0. The molecule has 278 valence electrons. The zero-order valence-corrected chi connectivity index (χ0v) is 29.8. The molecule has 2 aromatic rings. The molecule has 14 nitrogen and oxygen atoms in total. The summed E-state index contributed by atoms with van der Waals surface area (Å²) < 4.78 is 21.9. The maximum Gasteiger partial charge on any atom is 0.332 e. The van der Waals surface area contributed by atoms with Crippen molar-refractivity contribution >= 4 is 48.0 Å². The third-order valence-electron chi connectivity index (χ3n) is 7.78. The molecule has 0 spiro atoms. The van der Waals surface area contributed by atoms with Crippen LogP contribution in [0.2, 0.25) is 0 Å². The van der Waals surface area contributed by atoms with Crippen LogP contribution in [-0.4, -0.2) is 77.9 Å². The summed E-state index contributed by atoms with van der Waals surface area (Å²) in [5.74, 6) is -4.57. The number of benzene rings is 2. The number of hydrogen-bond donors (Lipinski definition) is 4. The number of methoxy groups -OCH3 is 1. The molecule has 2 amide bonds. The van der Waals surface area contributed by atoms with Gasteiger partial charge in [0.15, 0.2) is 17.9 Å². The Bertz CT molecular complexity index is 1540. The number of carbonyl (C=O) groups excluding carboxylic acids is 5. The molecule has 3 rings (SSSR count). The van der Waals surface area contributed by atoms with Crippen LogP contribution in [0.25, 0.3) is 6.08 Å². The number of nitrogens with one attached hydrogen (secondary N) is 2. The van der Waals surface area contributed by atoms with Gasteiger partial charge >= 0.3 is 23.9 Å². The van der Waals surface area contributed by atoms with E-state index in [1.54, 1.807) is 19.2 Å². The van der Waals surface area contributed by atoms with Crippen molar-refractivity contribution in [3.8, 4) is 11.5 Å². The van der Waals surface area contributed by atoms with E-state index >= 15 is 0 Å². The normalized spacial score (nSPS) is 20.3. The summed E-state index contributed by atoms with van der Waals surface area (Å²) in [4.78, 5) is 73.0. The summed E-state index contributed by atoms with van der Waals surface area (Å²) in [6.07, 6.45) is 2.65. The van der Waals surface area contributed by atoms with Gasteiger partial charge in [0.05, 0.1) is 24.3 Å². The molecule has 0 saturated carbocycles. The highest BCUT2D eigenvalue weighted by Gasteiger charge is 2.44. The molecule has 1 saturated heterocycles. The third-order valence-corrected chi connectivity index (χ3v) is 7.78. The number of amides is 2. The number of cyclic esters (lactones) is 2. The second-order valence-corrected chi connectivity index (χ2v) is 12.3. The molecule has 1 heterocycles. The largest absolute Gasteiger partial charge is 0.505 e. The van der Waals surface area contributed by atoms with Crippen molar-refractivity contribution in [1.82, 2.24) is 5.32 Å². The molecule has 0 radical (unpaired) electrons. The molecule has 5 unspecified atom stereocenters. The van der Waals surface area contributed by atoms with Gasteiger partial charge in [-0.15, -0.1) is 0 Å². The lowest BCUT2D eigenvalue weighted by atomic mass is 9.92. The fraction of sp³-hybridized carbons (Fsp3) is 0.459. The van der Waals surface area contributed by atoms with Crippen LogP contribution >= 0.6 is 0 Å². The molecule has 4 N–H and O–H groups in total. The molecule has 1 aliphatic rings. The Labute approximate surface area is 297 Å². The van der Waals surface area contributed by atoms with Gasteiger partial charge in [0.25, 0.3) is 5.91 Å². The zero-order valence-electron chi connectivity index (χ0n) is 29.8. The number of anilines is 1. The van der Waals surface area contributed by atoms with Crippen molar-refractivity contribution in [2.45, 2.75) is 91.1 Å². The van der Waals surface area contributed by atoms with Crippen LogP contribution < -0.4 is 15.4 Å². The van der Waals surface area contributed by atoms with E-state index in [4.69, 9.17) is 24.1 Å². The number of phenolic OH excluding ortho intramolecular Hbond substituents is 1. The zero-order chi connectivity index (χ0) is 38.1. The number of para-hydroxylation sites is 2. The van der Waals surface area contributed by atoms with E-state index < -0.39 is 65.8 Å². The molecule has 14 heteroatoms. The van der Waals surface area contributed by atoms with Gasteiger partial charge in [-0.1, -0.05) is 64.3 Å². The van der Waals surface area contributed by atoms with Crippen molar-refractivity contribution in [3.05, 3.63) is 59.7 Å². The van der Waals surface area contributed by atoms with Gasteiger partial charge < -0.3 is 39.8 Å². The number of carboxylic acids is 1. The van der Waals surface area contributed by atoms with Crippen LogP contribution in [0.1, 0.15) is 82.6 Å². The molecule has 0 aliphatic carbocycles. The fourth-order valence-electron chi connectivity index (χ4n) is 5.19. The Morgan fingerprint density at radius 2 is 1.67 bits per heavy atom. The maximum atomic E-state index is 13.3. The second kappa shape index (κ2) is 21.0. The average Bonchev–Trinajstić information content (AvgIpc) is 3.10. The van der Waals surface area contributed by atoms with Gasteiger partial charge in [0, 0.05) is 18.1 Å². The Balaban J connectivity index is 0.000000579. The highest BCUT2D eigenvalue weighted by molar-refractivity contribution is 6.01. The minimum atomic E-state index is -1.42. The number of carboxylic acid groups (broad SMARTS) is 1. The van der Waals surface area contributed by atoms with E-state index in [9.17, 15) is 33.9 Å². The summed E-state index contributed by atoms with van der Waals surface area (Å²) in [6.45, 7) is 8.70. The van der Waals surface area contributed by atoms with Gasteiger partial charge in [0.1, 0.15) is 18.0 Å². The summed E-state index contributed by atoms with van der Waals surface area (Å²) in [6, 6.07) is 9.93. The lowest BCUT2D eigenvalue weighted by Crippen LogP contribution is -2.50. The first-order valence-electron chi connectivity index (χ1n) is 16.7. The van der Waals surface area contributed by atoms with E-state index in [0.29, 0.717) is 25.0 Å². The lowest BCUT2D eigenvalue weighted by molar-refractivity contribution is -0.175. The van der Waals surface area contributed by atoms with Crippen LogP contribution in [0.4, 0.5) is 5.69 Å². The van der Waals surface area contributed by atoms with Gasteiger partial charge in [-0.3, -0.25) is 19.2 Å². The standard InChI is InChI=1S/C27H38N2O9.C10H10O3/c1-6-7-8-10-19-24(38-21(31)13-15(2)3)17(5)37-27(35)22(16(4)36-26(19)34)29-25(33)18-11-9-12-20(23(18)32)28-14-30;1-13-9-5-3-2-4-8(9)6-7-10(11)12/h9,11-12,14-17,19,22,24,32H,6-8,10,13H2,1-5H3,(H,28,30)(H,29,33);2-7H,1H3,(H,11,12). The number of carbonyl (C=O) groups is 6. The highest BCUT2D eigenvalue weighted by atomic mass is 16.6. The fourth-order valence-corrected chi connectivity index (χ4v) is 5.19. The minimum absolute atomic E-state index is 0.00114. The molecule has 1 fully saturated rings. The Kier molecular flexibility index (Phi) is 17.2. The van der Waals surface area contributed by atoms with Crippen LogP contribution in [-0.2, 0) is 38.2 Å². The smallest absolute Gasteiger partial charge is 0.332 e. The van der Waals surface area contributed by atoms with Gasteiger partial charge in [0.2, 0.25) is 6.41 Å². The Morgan fingerprint density at radius 1 is 0.980 bits per heavy atom. The summed E-state index contributed by atoms with van der Waals surface area (Å²) in [5, 5.41) is 23.5. The second-order valence-electron chi connectivity index (χ2n) is 12.3. The predicted molar refractivity (Wildman–Crippen MR) is 187 cm³/mol. The minimum Gasteiger partial charge on any atom is -0.505 e. The number of unbranched alkanes of at least 4 members (excludes halogenated alkanes) is 2. The summed E-state index contributed by atoms with van der Waals surface area (Å²) in [7, 11) is 1.55. The van der Waals surface area contributed by atoms with Crippen molar-refractivity contribution < 1.29 is 57.9 Å². The first kappa shape index (κ1) is 41.8. The molecule has 5 atom stereocenters. The molecule has 0 bridgehead atoms. The molecular formula is C37H48N2O12. The monoisotopic (exact) mass is 712 g/mol. The van der Waals surface area contributed by atoms with E-state index in [1.165, 1.54) is 38.1 Å². The van der Waals surface area contributed by atoms with Crippen LogP contribution in [0.3, 0.4) is 0 Å². The topological polar surface area (TPSA) is 204 Å². The maximum absolute atomic E-state index is 13.3. The third kappa shape index (κ3) is 13.1. The van der Waals surface area contributed by atoms with Crippen LogP contribution in [0.15, 0.2) is 48.5 Å². The SMILES string of the molecule is CCCCCC1C(=O)OC(C)C(NC(=O)c2cccc(NC=O)c2O)C(=O)OC(C)C1OC(=O)CC(C)C.COc1ccccc1C=CC(=O)O. The number of esters is 3. The molecular weight excluding hydrogens is 664 g/mol. The first-order valence-corrected chi connectivity index (χ1v) is 16.7. The van der Waals surface area contributed by atoms with Gasteiger partial charge in [-0.2, -0.15) is 0 Å². The first-order chi connectivity index (χ1) is 24.2. The van der Waals surface area contributed by atoms with E-state index in [-0.39, 0.29) is 23.6 Å². The van der Waals surface area contributed by atoms with Crippen molar-refractivity contribution in [2.75, 3.05) is 12.4 Å². The molecule has 0 aromatic heterocycles. The van der Waals surface area contributed by atoms with E-state index in [0.717, 1.165) is 24.5 Å². The lowest BCUT2D eigenvalue weighted by Gasteiger charge is -2.29. The Hall–Kier alpha value is -5.40. The average molecular weight is 713 g/mol. The van der Waals surface area contributed by atoms with Gasteiger partial charge in [-0.05, 0) is 50.5 Å². The molecule has 1 aliphatic heterocycles. The predicted octanol–water partition coefficient (Wildman–Crippen LogP) is 4.88. The van der Waals surface area contributed by atoms with E-state index in [2.05, 4.69) is 10.6 Å². The number of aliphatic carboxylic acids is 1. The summed E-state index contributed by atoms with van der Waals surface area (Å²) in [5.41, 5.74) is 0.542. The van der Waals surface area contributed by atoms with E-state index in [1.807, 2.05) is 32.9 Å². The van der Waals surface area contributed by atoms with Crippen molar-refractivity contribution in [1.29, 1.82) is 0 Å². The Morgan fingerprint density at radius 3 is 2.29 bits per heavy atom. The van der Waals surface area contributed by atoms with Crippen molar-refractivity contribution in [2.24, 2.45) is 11.8 Å². The van der Waals surface area contributed by atoms with Gasteiger partial charge in [-0.25, -0.2) is 9.59 Å². The molecule has 51 heavy (non-hydrogen) atoms. The number of ether oxygens (including phenoxy) is 4. The number of aromatic hydroxyl groups is 1. The molecule has 2 aromatic carbocycles. The van der Waals surface area contributed by atoms with Crippen molar-refractivity contribution in [3.63, 3.8) is 0 Å². The number of phenols is 1. The number of hydrogen-bond acceptors (Lipinski definition) is 11. The highest BCUT2D eigenvalue weighted by Crippen LogP contribution is 2.29. The van der Waals surface area contributed by atoms with Crippen LogP contribution in [0.5, 0.6) is 11.5 Å².